The van der Waals surface area contributed by atoms with E-state index in [4.69, 9.17) is 0 Å². The van der Waals surface area contributed by atoms with Gasteiger partial charge in [-0.2, -0.15) is 0 Å². The minimum Gasteiger partial charge on any atom is -0.322 e. The van der Waals surface area contributed by atoms with E-state index >= 15 is 0 Å². The number of H-pyrrole nitrogens is 1. The highest BCUT2D eigenvalue weighted by molar-refractivity contribution is 5.78. The van der Waals surface area contributed by atoms with Crippen LogP contribution in [-0.2, 0) is 0 Å². The van der Waals surface area contributed by atoms with Gasteiger partial charge in [-0.15, -0.1) is 0 Å². The fraction of sp³-hybridized carbons (Fsp3) is 0.188. The maximum absolute atomic E-state index is 12.1. The number of aromatic amines is 1. The summed E-state index contributed by atoms with van der Waals surface area (Å²) in [5, 5.41) is 1.09. The minimum atomic E-state index is 0.0244. The number of benzene rings is 1. The normalized spacial score (nSPS) is 18.9. The van der Waals surface area contributed by atoms with Crippen molar-refractivity contribution in [2.45, 2.75) is 19.3 Å². The summed E-state index contributed by atoms with van der Waals surface area (Å²) in [6, 6.07) is 9.90. The molecular weight excluding hydrogens is 222 g/mol. The van der Waals surface area contributed by atoms with Crippen LogP contribution in [0, 0.1) is 0 Å². The van der Waals surface area contributed by atoms with E-state index < -0.39 is 0 Å². The molecule has 0 amide bonds. The summed E-state index contributed by atoms with van der Waals surface area (Å²) in [4.78, 5) is 15.1. The Morgan fingerprint density at radius 2 is 2.11 bits per heavy atom. The van der Waals surface area contributed by atoms with E-state index in [1.165, 1.54) is 5.57 Å². The van der Waals surface area contributed by atoms with Gasteiger partial charge in [-0.25, -0.2) is 0 Å². The van der Waals surface area contributed by atoms with Crippen LogP contribution in [0.4, 0.5) is 0 Å². The molecule has 2 heteroatoms. The highest BCUT2D eigenvalue weighted by atomic mass is 16.1. The van der Waals surface area contributed by atoms with Gasteiger partial charge in [0.05, 0.1) is 0 Å². The quantitative estimate of drug-likeness (QED) is 0.808. The van der Waals surface area contributed by atoms with Crippen molar-refractivity contribution in [3.63, 3.8) is 0 Å². The van der Waals surface area contributed by atoms with Gasteiger partial charge in [-0.05, 0) is 30.9 Å². The third-order valence-electron chi connectivity index (χ3n) is 3.47. The second kappa shape index (κ2) is 4.30. The van der Waals surface area contributed by atoms with E-state index in [0.29, 0.717) is 0 Å². The second-order valence-corrected chi connectivity index (χ2v) is 4.79. The first kappa shape index (κ1) is 11.0. The summed E-state index contributed by atoms with van der Waals surface area (Å²) in [5.41, 5.74) is 3.05. The third kappa shape index (κ3) is 1.90. The van der Waals surface area contributed by atoms with Crippen molar-refractivity contribution in [2.24, 2.45) is 0 Å². The lowest BCUT2D eigenvalue weighted by Crippen LogP contribution is -2.15. The number of aromatic nitrogens is 1. The highest BCUT2D eigenvalue weighted by Gasteiger charge is 2.14. The number of fused-ring (bicyclic) bond motifs is 1. The summed E-state index contributed by atoms with van der Waals surface area (Å²) in [6.45, 7) is 2.08. The van der Waals surface area contributed by atoms with Crippen LogP contribution < -0.4 is 5.56 Å². The van der Waals surface area contributed by atoms with Gasteiger partial charge in [0.15, 0.2) is 0 Å². The molecule has 0 saturated heterocycles. The first-order chi connectivity index (χ1) is 8.74. The van der Waals surface area contributed by atoms with Crippen molar-refractivity contribution in [1.29, 1.82) is 0 Å². The molecule has 1 N–H and O–H groups in total. The Labute approximate surface area is 106 Å². The van der Waals surface area contributed by atoms with Gasteiger partial charge < -0.3 is 4.98 Å². The molecule has 18 heavy (non-hydrogen) atoms. The molecule has 0 spiro atoms. The Kier molecular flexibility index (Phi) is 2.63. The molecule has 1 heterocycles. The second-order valence-electron chi connectivity index (χ2n) is 4.79. The summed E-state index contributed by atoms with van der Waals surface area (Å²) in [7, 11) is 0. The Balaban J connectivity index is 2.10. The van der Waals surface area contributed by atoms with Gasteiger partial charge in [0.25, 0.3) is 5.56 Å². The van der Waals surface area contributed by atoms with Crippen LogP contribution in [0.25, 0.3) is 10.9 Å². The predicted molar refractivity (Wildman–Crippen MR) is 74.8 cm³/mol. The number of nitrogens with one attached hydrogen (secondary N) is 1. The van der Waals surface area contributed by atoms with Crippen LogP contribution in [0.1, 0.15) is 24.8 Å². The van der Waals surface area contributed by atoms with Crippen molar-refractivity contribution >= 4 is 10.9 Å². The van der Waals surface area contributed by atoms with Gasteiger partial charge in [0, 0.05) is 17.0 Å². The van der Waals surface area contributed by atoms with Crippen LogP contribution in [-0.4, -0.2) is 4.98 Å². The average Bonchev–Trinajstić information content (AvgIpc) is 2.39. The minimum absolute atomic E-state index is 0.0244. The lowest BCUT2D eigenvalue weighted by Gasteiger charge is -2.14. The van der Waals surface area contributed by atoms with E-state index in [1.54, 1.807) is 0 Å². The molecule has 3 rings (SSSR count). The predicted octanol–water partition coefficient (Wildman–Crippen LogP) is 3.52. The molecule has 2 nitrogen and oxygen atoms in total. The fourth-order valence-electron chi connectivity index (χ4n) is 2.40. The van der Waals surface area contributed by atoms with Gasteiger partial charge in [0.1, 0.15) is 0 Å². The van der Waals surface area contributed by atoms with Crippen LogP contribution in [0.15, 0.2) is 58.9 Å². The summed E-state index contributed by atoms with van der Waals surface area (Å²) in [5.74, 6) is 0.196. The molecule has 1 aliphatic rings. The molecule has 0 radical (unpaired) electrons. The molecule has 0 bridgehead atoms. The molecule has 90 valence electrons. The Morgan fingerprint density at radius 3 is 2.89 bits per heavy atom. The van der Waals surface area contributed by atoms with Crippen LogP contribution in [0.2, 0.25) is 0 Å². The van der Waals surface area contributed by atoms with Gasteiger partial charge in [-0.3, -0.25) is 4.79 Å². The van der Waals surface area contributed by atoms with Crippen molar-refractivity contribution < 1.29 is 0 Å². The SMILES string of the molecule is CC1=CCC(c2cc3ccccc3[nH]c2=O)C=C1. The van der Waals surface area contributed by atoms with E-state index in [1.807, 2.05) is 30.3 Å². The van der Waals surface area contributed by atoms with E-state index in [9.17, 15) is 4.79 Å². The zero-order valence-corrected chi connectivity index (χ0v) is 10.3. The maximum atomic E-state index is 12.1. The lowest BCUT2D eigenvalue weighted by molar-refractivity contribution is 0.831. The van der Waals surface area contributed by atoms with Gasteiger partial charge in [0.2, 0.25) is 0 Å². The maximum Gasteiger partial charge on any atom is 0.252 e. The Morgan fingerprint density at radius 1 is 1.28 bits per heavy atom. The molecule has 1 aliphatic carbocycles. The van der Waals surface area contributed by atoms with Gasteiger partial charge in [-0.1, -0.05) is 42.0 Å². The lowest BCUT2D eigenvalue weighted by atomic mass is 9.91. The third-order valence-corrected chi connectivity index (χ3v) is 3.47. The van der Waals surface area contributed by atoms with Crippen molar-refractivity contribution in [1.82, 2.24) is 4.98 Å². The van der Waals surface area contributed by atoms with E-state index in [0.717, 1.165) is 22.9 Å². The van der Waals surface area contributed by atoms with Crippen LogP contribution >= 0.6 is 0 Å². The van der Waals surface area contributed by atoms with E-state index in [2.05, 4.69) is 30.1 Å². The number of pyridine rings is 1. The zero-order valence-electron chi connectivity index (χ0n) is 10.3. The number of allylic oxidation sites excluding steroid dienone is 4. The average molecular weight is 237 g/mol. The number of hydrogen-bond acceptors (Lipinski definition) is 1. The first-order valence-corrected chi connectivity index (χ1v) is 6.21. The molecule has 0 aliphatic heterocycles. The summed E-state index contributed by atoms with van der Waals surface area (Å²) >= 11 is 0. The smallest absolute Gasteiger partial charge is 0.252 e. The summed E-state index contributed by atoms with van der Waals surface area (Å²) < 4.78 is 0. The Bertz CT molecular complexity index is 706. The molecule has 1 aromatic heterocycles. The summed E-state index contributed by atoms with van der Waals surface area (Å²) in [6.07, 6.45) is 7.29. The molecule has 0 fully saturated rings. The standard InChI is InChI=1S/C16H15NO/c1-11-6-8-12(9-7-11)14-10-13-4-2-3-5-15(13)17-16(14)18/h2-8,10,12H,9H2,1H3,(H,17,18). The Hall–Kier alpha value is -2.09. The van der Waals surface area contributed by atoms with Crippen LogP contribution in [0.3, 0.4) is 0 Å². The first-order valence-electron chi connectivity index (χ1n) is 6.21. The molecule has 0 saturated carbocycles. The van der Waals surface area contributed by atoms with E-state index in [-0.39, 0.29) is 11.5 Å². The van der Waals surface area contributed by atoms with Crippen molar-refractivity contribution in [3.8, 4) is 0 Å². The number of para-hydroxylation sites is 1. The van der Waals surface area contributed by atoms with Gasteiger partial charge >= 0.3 is 0 Å². The molecule has 1 unspecified atom stereocenters. The van der Waals surface area contributed by atoms with Crippen molar-refractivity contribution in [3.05, 3.63) is 70.1 Å². The molecule has 2 aromatic rings. The molecular formula is C16H15NO. The fourth-order valence-corrected chi connectivity index (χ4v) is 2.40. The molecule has 1 aromatic carbocycles. The zero-order chi connectivity index (χ0) is 12.5. The van der Waals surface area contributed by atoms with Crippen molar-refractivity contribution in [2.75, 3.05) is 0 Å². The number of hydrogen-bond donors (Lipinski definition) is 1. The largest absolute Gasteiger partial charge is 0.322 e. The number of rotatable bonds is 1. The highest BCUT2D eigenvalue weighted by Crippen LogP contribution is 2.25. The molecule has 1 atom stereocenters. The topological polar surface area (TPSA) is 32.9 Å². The van der Waals surface area contributed by atoms with Crippen LogP contribution in [0.5, 0.6) is 0 Å². The monoisotopic (exact) mass is 237 g/mol.